The second-order valence-corrected chi connectivity index (χ2v) is 11.8. The van der Waals surface area contributed by atoms with Crippen molar-refractivity contribution >= 4 is 68.7 Å². The van der Waals surface area contributed by atoms with E-state index in [9.17, 15) is 19.6 Å². The smallest absolute Gasteiger partial charge is 0.306 e. The zero-order valence-electron chi connectivity index (χ0n) is 25.1. The van der Waals surface area contributed by atoms with Gasteiger partial charge in [0.05, 0.1) is 23.1 Å². The molecule has 0 saturated carbocycles. The minimum atomic E-state index is -1.25. The summed E-state index contributed by atoms with van der Waals surface area (Å²) in [5.41, 5.74) is 2.90. The Balaban J connectivity index is 1.32. The van der Waals surface area contributed by atoms with Crippen molar-refractivity contribution in [1.82, 2.24) is 15.4 Å². The lowest BCUT2D eigenvalue weighted by molar-refractivity contribution is -0.124. The third-order valence-electron chi connectivity index (χ3n) is 8.08. The lowest BCUT2D eigenvalue weighted by atomic mass is 9.99. The molecule has 5 aromatic rings. The molecule has 1 aliphatic rings. The second-order valence-electron chi connectivity index (χ2n) is 11.4. The van der Waals surface area contributed by atoms with E-state index in [-0.39, 0.29) is 6.54 Å². The largest absolute Gasteiger partial charge is 0.347 e. The molecule has 1 heterocycles. The maximum absolute atomic E-state index is 14.2. The zero-order chi connectivity index (χ0) is 32.4. The molecule has 0 radical (unpaired) electrons. The number of hydrogen-bond donors (Lipinski definition) is 3. The summed E-state index contributed by atoms with van der Waals surface area (Å²) in [6, 6.07) is 31.5. The van der Waals surface area contributed by atoms with Crippen molar-refractivity contribution in [2.24, 2.45) is 5.10 Å². The molecule has 0 spiro atoms. The number of halogens is 1. The van der Waals surface area contributed by atoms with Gasteiger partial charge in [0.25, 0.3) is 5.91 Å². The topological polar surface area (TPSA) is 118 Å². The highest BCUT2D eigenvalue weighted by atomic mass is 35.5. The molecule has 3 N–H and O–H groups in total. The van der Waals surface area contributed by atoms with Crippen LogP contribution in [0, 0.1) is 0 Å². The van der Waals surface area contributed by atoms with Gasteiger partial charge in [-0.1, -0.05) is 96.5 Å². The van der Waals surface area contributed by atoms with Gasteiger partial charge in [0, 0.05) is 15.8 Å². The number of amides is 5. The van der Waals surface area contributed by atoms with E-state index in [1.54, 1.807) is 62.4 Å². The summed E-state index contributed by atoms with van der Waals surface area (Å²) in [4.78, 5) is 43.7. The Morgan fingerprint density at radius 2 is 1.50 bits per heavy atom. The first-order valence-electron chi connectivity index (χ1n) is 14.6. The number of urea groups is 2. The molecule has 232 valence electrons. The number of rotatable bonds is 7. The van der Waals surface area contributed by atoms with Gasteiger partial charge in [-0.3, -0.25) is 14.9 Å². The number of anilines is 2. The minimum Gasteiger partial charge on any atom is -0.306 e. The Labute approximate surface area is 270 Å². The van der Waals surface area contributed by atoms with Crippen LogP contribution in [0.5, 0.6) is 0 Å². The fourth-order valence-corrected chi connectivity index (χ4v) is 5.92. The van der Waals surface area contributed by atoms with Crippen molar-refractivity contribution in [2.75, 3.05) is 16.8 Å². The second kappa shape index (κ2) is 12.5. The van der Waals surface area contributed by atoms with E-state index in [0.717, 1.165) is 27.1 Å². The number of hydroxylamine groups is 2. The maximum atomic E-state index is 14.2. The zero-order valence-corrected chi connectivity index (χ0v) is 25.8. The van der Waals surface area contributed by atoms with E-state index in [0.29, 0.717) is 21.5 Å². The predicted octanol–water partition coefficient (Wildman–Crippen LogP) is 7.07. The Morgan fingerprint density at radius 1 is 0.891 bits per heavy atom. The molecule has 5 amide bonds. The Hall–Kier alpha value is -5.45. The van der Waals surface area contributed by atoms with Crippen LogP contribution in [0.2, 0.25) is 5.02 Å². The predicted molar refractivity (Wildman–Crippen MR) is 180 cm³/mol. The molecule has 1 saturated heterocycles. The SMILES string of the molecule is CC1(C)C(N(O)C(=O)Nc2cccc3ccccc23)N(c2cccc3ccccc23)C(=O)N1CC(=O)N/N=C\c1ccc(Cl)cc1. The normalized spacial score (nSPS) is 15.9. The molecule has 1 atom stereocenters. The maximum Gasteiger partial charge on any atom is 0.347 e. The first-order valence-corrected chi connectivity index (χ1v) is 15.0. The molecule has 0 aliphatic carbocycles. The molecule has 11 heteroatoms. The van der Waals surface area contributed by atoms with Gasteiger partial charge in [-0.2, -0.15) is 10.2 Å². The molecule has 1 fully saturated rings. The molecule has 10 nitrogen and oxygen atoms in total. The van der Waals surface area contributed by atoms with Gasteiger partial charge >= 0.3 is 12.1 Å². The highest BCUT2D eigenvalue weighted by Gasteiger charge is 2.56. The number of carbonyl (C=O) groups excluding carboxylic acids is 3. The molecule has 0 bridgehead atoms. The van der Waals surface area contributed by atoms with Crippen molar-refractivity contribution in [3.05, 3.63) is 120 Å². The summed E-state index contributed by atoms with van der Waals surface area (Å²) in [5.74, 6) is -0.560. The average Bonchev–Trinajstić information content (AvgIpc) is 3.25. The van der Waals surface area contributed by atoms with Gasteiger partial charge in [-0.25, -0.2) is 15.0 Å². The Bertz CT molecular complexity index is 1970. The fourth-order valence-electron chi connectivity index (χ4n) is 5.79. The molecule has 46 heavy (non-hydrogen) atoms. The Morgan fingerprint density at radius 3 is 2.22 bits per heavy atom. The van der Waals surface area contributed by atoms with Gasteiger partial charge in [-0.15, -0.1) is 0 Å². The molecular formula is C35H31ClN6O4. The van der Waals surface area contributed by atoms with E-state index in [1.807, 2.05) is 60.7 Å². The summed E-state index contributed by atoms with van der Waals surface area (Å²) in [7, 11) is 0. The van der Waals surface area contributed by atoms with Crippen LogP contribution < -0.4 is 15.6 Å². The molecular weight excluding hydrogens is 604 g/mol. The van der Waals surface area contributed by atoms with Crippen LogP contribution in [-0.2, 0) is 4.79 Å². The summed E-state index contributed by atoms with van der Waals surface area (Å²) >= 11 is 5.94. The lowest BCUT2D eigenvalue weighted by Crippen LogP contribution is -2.58. The number of hydrogen-bond acceptors (Lipinski definition) is 5. The molecule has 1 unspecified atom stereocenters. The highest BCUT2D eigenvalue weighted by molar-refractivity contribution is 6.30. The number of fused-ring (bicyclic) bond motifs is 2. The van der Waals surface area contributed by atoms with Crippen LogP contribution in [-0.4, -0.2) is 57.6 Å². The number of nitrogens with one attached hydrogen (secondary N) is 2. The monoisotopic (exact) mass is 634 g/mol. The van der Waals surface area contributed by atoms with Crippen molar-refractivity contribution < 1.29 is 19.6 Å². The van der Waals surface area contributed by atoms with Gasteiger partial charge in [0.1, 0.15) is 6.54 Å². The lowest BCUT2D eigenvalue weighted by Gasteiger charge is -2.38. The number of carbonyl (C=O) groups is 3. The third-order valence-corrected chi connectivity index (χ3v) is 8.33. The molecule has 6 rings (SSSR count). The van der Waals surface area contributed by atoms with E-state index in [4.69, 9.17) is 11.6 Å². The van der Waals surface area contributed by atoms with Crippen LogP contribution in [0.15, 0.2) is 114 Å². The summed E-state index contributed by atoms with van der Waals surface area (Å²) < 4.78 is 0. The minimum absolute atomic E-state index is 0.389. The number of benzene rings is 5. The standard InChI is InChI=1S/C35H31ClN6O4/c1-35(2)32(42(46)33(44)38-29-15-7-11-24-9-3-5-13-27(24)29)41(30-16-8-12-25-10-4-6-14-28(25)30)34(45)40(35)22-31(43)39-37-21-23-17-19-26(36)20-18-23/h3-21,32,46H,22H2,1-2H3,(H,38,44)(H,39,43)/b37-21-. The van der Waals surface area contributed by atoms with Gasteiger partial charge in [0.2, 0.25) is 0 Å². The number of hydrazone groups is 1. The van der Waals surface area contributed by atoms with Crippen molar-refractivity contribution in [3.8, 4) is 0 Å². The van der Waals surface area contributed by atoms with Crippen molar-refractivity contribution in [1.29, 1.82) is 0 Å². The van der Waals surface area contributed by atoms with E-state index < -0.39 is 29.7 Å². The molecule has 0 aromatic heterocycles. The molecule has 5 aromatic carbocycles. The van der Waals surface area contributed by atoms with Crippen LogP contribution in [0.3, 0.4) is 0 Å². The van der Waals surface area contributed by atoms with Crippen LogP contribution in [0.4, 0.5) is 21.0 Å². The highest BCUT2D eigenvalue weighted by Crippen LogP contribution is 2.40. The van der Waals surface area contributed by atoms with Crippen LogP contribution in [0.25, 0.3) is 21.5 Å². The number of nitrogens with zero attached hydrogens (tertiary/aromatic N) is 4. The van der Waals surface area contributed by atoms with E-state index >= 15 is 0 Å². The van der Waals surface area contributed by atoms with Crippen LogP contribution >= 0.6 is 11.6 Å². The molecule has 1 aliphatic heterocycles. The summed E-state index contributed by atoms with van der Waals surface area (Å²) in [5, 5.41) is 22.8. The first-order chi connectivity index (χ1) is 22.1. The van der Waals surface area contributed by atoms with Gasteiger partial charge in [-0.05, 0) is 54.4 Å². The van der Waals surface area contributed by atoms with Gasteiger partial charge in [0.15, 0.2) is 6.17 Å². The third kappa shape index (κ3) is 5.83. The van der Waals surface area contributed by atoms with Gasteiger partial charge < -0.3 is 10.2 Å². The fraction of sp³-hybridized carbons (Fsp3) is 0.143. The van der Waals surface area contributed by atoms with Crippen molar-refractivity contribution in [3.63, 3.8) is 0 Å². The Kier molecular flexibility index (Phi) is 8.31. The van der Waals surface area contributed by atoms with Crippen LogP contribution in [0.1, 0.15) is 19.4 Å². The summed E-state index contributed by atoms with van der Waals surface area (Å²) in [6.07, 6.45) is 0.231. The van der Waals surface area contributed by atoms with Crippen molar-refractivity contribution in [2.45, 2.75) is 25.6 Å². The van der Waals surface area contributed by atoms with E-state index in [1.165, 1.54) is 16.0 Å². The first kappa shape index (κ1) is 30.6. The quantitative estimate of drug-likeness (QED) is 0.101. The summed E-state index contributed by atoms with van der Waals surface area (Å²) in [6.45, 7) is 3.00. The average molecular weight is 635 g/mol. The van der Waals surface area contributed by atoms with E-state index in [2.05, 4.69) is 15.8 Å².